The van der Waals surface area contributed by atoms with Gasteiger partial charge in [-0.15, -0.1) is 11.1 Å². The van der Waals surface area contributed by atoms with E-state index in [1.165, 1.54) is 44.8 Å². The third-order valence-corrected chi connectivity index (χ3v) is 6.11. The zero-order chi connectivity index (χ0) is 24.9. The second kappa shape index (κ2) is 11.9. The first-order valence-corrected chi connectivity index (χ1v) is 14.8. The molecule has 0 N–H and O–H groups in total. The van der Waals surface area contributed by atoms with Crippen LogP contribution in [0, 0.1) is 11.8 Å². The number of nitrogens with zero attached hydrogens (tertiary/aromatic N) is 2. The van der Waals surface area contributed by atoms with Crippen molar-refractivity contribution in [3.8, 4) is 0 Å². The summed E-state index contributed by atoms with van der Waals surface area (Å²) >= 11 is 0.500. The number of rotatable bonds is 2. The van der Waals surface area contributed by atoms with Gasteiger partial charge in [0, 0.05) is 0 Å². The van der Waals surface area contributed by atoms with Gasteiger partial charge >= 0.3 is 29.6 Å². The molecule has 0 aromatic rings. The summed E-state index contributed by atoms with van der Waals surface area (Å²) in [7, 11) is 0. The van der Waals surface area contributed by atoms with Gasteiger partial charge in [0.15, 0.2) is 0 Å². The van der Waals surface area contributed by atoms with Gasteiger partial charge in [-0.05, 0) is 53.4 Å². The van der Waals surface area contributed by atoms with Crippen LogP contribution in [0.2, 0.25) is 10.5 Å². The van der Waals surface area contributed by atoms with Crippen molar-refractivity contribution in [3.05, 3.63) is 55.5 Å². The average Bonchev–Trinajstić information content (AvgIpc) is 2.91. The van der Waals surface area contributed by atoms with E-state index in [9.17, 15) is 0 Å². The molecule has 2 aliphatic rings. The van der Waals surface area contributed by atoms with E-state index in [-0.39, 0.29) is 11.1 Å². The molecule has 2 aliphatic carbocycles. The average molecular weight is 463 g/mol. The van der Waals surface area contributed by atoms with Crippen molar-refractivity contribution < 1.29 is 19.2 Å². The Labute approximate surface area is 204 Å². The van der Waals surface area contributed by atoms with Crippen molar-refractivity contribution in [2.75, 3.05) is 0 Å². The molecule has 0 aromatic heterocycles. The van der Waals surface area contributed by atoms with Gasteiger partial charge in [0.05, 0.1) is 0 Å². The number of hydrogen-bond donors (Lipinski definition) is 0. The van der Waals surface area contributed by atoms with Gasteiger partial charge in [0.2, 0.25) is 0 Å². The van der Waals surface area contributed by atoms with E-state index in [4.69, 9.17) is 10.6 Å². The molecule has 0 saturated carbocycles. The van der Waals surface area contributed by atoms with E-state index < -0.39 is 0 Å². The van der Waals surface area contributed by atoms with Gasteiger partial charge in [0.1, 0.15) is 0 Å². The normalized spacial score (nSPS) is 21.5. The zero-order valence-corrected chi connectivity index (χ0v) is 25.1. The molecule has 0 aromatic carbocycles. The number of hydrogen-bond acceptors (Lipinski definition) is 0. The molecule has 0 aliphatic heterocycles. The third kappa shape index (κ3) is 8.97. The Hall–Kier alpha value is -0.726. The first-order chi connectivity index (χ1) is 13.9. The van der Waals surface area contributed by atoms with E-state index in [1.807, 2.05) is 0 Å². The van der Waals surface area contributed by atoms with Crippen LogP contribution < -0.4 is 0 Å². The molecule has 2 unspecified atom stereocenters. The Morgan fingerprint density at radius 2 is 0.774 bits per heavy atom. The van der Waals surface area contributed by atoms with Crippen molar-refractivity contribution >= 4 is 0 Å². The third-order valence-electron chi connectivity index (χ3n) is 6.11. The van der Waals surface area contributed by atoms with Crippen LogP contribution in [0.4, 0.5) is 0 Å². The molecule has 0 fully saturated rings. The van der Waals surface area contributed by atoms with E-state index in [0.29, 0.717) is 31.0 Å². The van der Waals surface area contributed by atoms with Crippen molar-refractivity contribution in [1.29, 1.82) is 0 Å². The summed E-state index contributed by atoms with van der Waals surface area (Å²) in [6.07, 6.45) is 0. The molecule has 2 rings (SSSR count). The van der Waals surface area contributed by atoms with E-state index in [0.717, 1.165) is 0 Å². The summed E-state index contributed by atoms with van der Waals surface area (Å²) in [5.41, 5.74) is 11.2. The van der Waals surface area contributed by atoms with Gasteiger partial charge in [0.25, 0.3) is 0 Å². The van der Waals surface area contributed by atoms with Crippen LogP contribution in [0.3, 0.4) is 0 Å². The van der Waals surface area contributed by atoms with Gasteiger partial charge in [-0.1, -0.05) is 88.8 Å². The molecule has 0 radical (unpaired) electrons. The molecule has 3 heteroatoms. The Bertz CT molecular complexity index is 685. The molecule has 176 valence electrons. The van der Waals surface area contributed by atoms with Crippen LogP contribution in [0.25, 0.3) is 10.6 Å². The van der Waals surface area contributed by atoms with E-state index >= 15 is 0 Å². The Balaban J connectivity index is 0.000000516. The predicted octanol–water partition coefficient (Wildman–Crippen LogP) is 10.0. The summed E-state index contributed by atoms with van der Waals surface area (Å²) in [4.78, 5) is 0. The minimum absolute atomic E-state index is 0.0375. The minimum atomic E-state index is 0.0375. The molecule has 0 saturated heterocycles. The standard InChI is InChI=1S/2C13H22N.2CH3.Ti/c2*1-8-9(2)11(4)12(10(8)3)14-13(5,6)7;;;/h2*10H,1-7H3;2*1H3;/q2*-1;;;+2. The van der Waals surface area contributed by atoms with Gasteiger partial charge in [-0.25, -0.2) is 0 Å². The summed E-state index contributed by atoms with van der Waals surface area (Å²) in [5, 5.41) is 14.1. The molecular weight excluding hydrogens is 412 g/mol. The van der Waals surface area contributed by atoms with Gasteiger partial charge in [-0.3, -0.25) is 0 Å². The molecule has 0 bridgehead atoms. The van der Waals surface area contributed by atoms with Crippen molar-refractivity contribution in [3.63, 3.8) is 0 Å². The van der Waals surface area contributed by atoms with Crippen molar-refractivity contribution in [2.45, 2.75) is 118 Å². The molecule has 31 heavy (non-hydrogen) atoms. The van der Waals surface area contributed by atoms with Crippen molar-refractivity contribution in [2.24, 2.45) is 11.8 Å². The van der Waals surface area contributed by atoms with Gasteiger partial charge in [-0.2, -0.15) is 11.4 Å². The second-order valence-electron chi connectivity index (χ2n) is 11.1. The fourth-order valence-electron chi connectivity index (χ4n) is 3.77. The van der Waals surface area contributed by atoms with Crippen LogP contribution in [0.15, 0.2) is 44.8 Å². The van der Waals surface area contributed by atoms with Crippen LogP contribution in [-0.4, -0.2) is 11.1 Å². The molecule has 0 spiro atoms. The molecule has 2 atom stereocenters. The van der Waals surface area contributed by atoms with Crippen LogP contribution in [-0.2, 0) is 19.2 Å². The quantitative estimate of drug-likeness (QED) is 0.365. The summed E-state index contributed by atoms with van der Waals surface area (Å²) in [6, 6.07) is 0. The second-order valence-corrected chi connectivity index (χ2v) is 12.7. The van der Waals surface area contributed by atoms with Gasteiger partial charge < -0.3 is 10.6 Å². The first kappa shape index (κ1) is 30.3. The molecule has 0 heterocycles. The summed E-state index contributed by atoms with van der Waals surface area (Å²) in [5.74, 6) is 1.02. The predicted molar refractivity (Wildman–Crippen MR) is 138 cm³/mol. The van der Waals surface area contributed by atoms with Crippen LogP contribution >= 0.6 is 0 Å². The maximum absolute atomic E-state index is 4.81. The SMILES string of the molecule is CC1=C(C)C(C)C([N-]C(C)(C)C)=C1C.CC1=C(C)C(C)C([N-]C(C)(C)C)=C1C.[CH3][Ti+2][CH3]. The van der Waals surface area contributed by atoms with Crippen molar-refractivity contribution in [1.82, 2.24) is 0 Å². The topological polar surface area (TPSA) is 28.2 Å². The van der Waals surface area contributed by atoms with Crippen LogP contribution in [0.5, 0.6) is 0 Å². The van der Waals surface area contributed by atoms with E-state index in [2.05, 4.69) is 107 Å². The maximum atomic E-state index is 4.81. The van der Waals surface area contributed by atoms with Crippen LogP contribution in [0.1, 0.15) is 96.9 Å². The monoisotopic (exact) mass is 462 g/mol. The number of allylic oxidation sites excluding steroid dienone is 6. The Kier molecular flexibility index (Phi) is 11.7. The molecular formula is C28H50N2Ti. The van der Waals surface area contributed by atoms with E-state index in [1.54, 1.807) is 0 Å². The molecule has 2 nitrogen and oxygen atoms in total. The fourth-order valence-corrected chi connectivity index (χ4v) is 3.77. The Morgan fingerprint density at radius 1 is 0.548 bits per heavy atom. The first-order valence-electron chi connectivity index (χ1n) is 11.7. The Morgan fingerprint density at radius 3 is 0.903 bits per heavy atom. The summed E-state index contributed by atoms with van der Waals surface area (Å²) < 4.78 is 0. The fraction of sp³-hybridized carbons (Fsp3) is 0.714. The summed E-state index contributed by atoms with van der Waals surface area (Å²) in [6.45, 7) is 30.6. The zero-order valence-electron chi connectivity index (χ0n) is 23.5. The molecule has 0 amide bonds.